The molecule has 0 aromatic heterocycles. The Hall–Kier alpha value is -2.91. The van der Waals surface area contributed by atoms with Crippen LogP contribution in [0.25, 0.3) is 0 Å². The molecule has 0 saturated carbocycles. The number of amides is 5. The molecular weight excluding hydrogens is 470 g/mol. The van der Waals surface area contributed by atoms with Crippen LogP contribution in [0.15, 0.2) is 0 Å². The highest BCUT2D eigenvalue weighted by Crippen LogP contribution is 2.05. The van der Waals surface area contributed by atoms with E-state index >= 15 is 0 Å². The molecule has 14 nitrogen and oxygen atoms in total. The SMILES string of the molecule is CSCCC(NC(=O)C(N)CCCCN)C(=O)NC(CC(N)=O)C(=O)NC(CC(N)=O)C(=O)O. The zero-order valence-corrected chi connectivity index (χ0v) is 19.9. The number of thioether (sulfide) groups is 1. The smallest absolute Gasteiger partial charge is 0.326 e. The number of hydrogen-bond donors (Lipinski definition) is 8. The summed E-state index contributed by atoms with van der Waals surface area (Å²) in [6, 6.07) is -5.17. The number of carboxylic acids is 1. The van der Waals surface area contributed by atoms with E-state index in [2.05, 4.69) is 10.6 Å². The number of carbonyl (C=O) groups excluding carboxylic acids is 5. The van der Waals surface area contributed by atoms with E-state index in [4.69, 9.17) is 28.0 Å². The Balaban J connectivity index is 5.42. The minimum Gasteiger partial charge on any atom is -0.480 e. The van der Waals surface area contributed by atoms with Crippen molar-refractivity contribution in [3.05, 3.63) is 0 Å². The first-order valence-electron chi connectivity index (χ1n) is 10.6. The summed E-state index contributed by atoms with van der Waals surface area (Å²) < 4.78 is 0. The normalized spacial score (nSPS) is 14.2. The van der Waals surface area contributed by atoms with E-state index in [0.29, 0.717) is 31.6 Å². The van der Waals surface area contributed by atoms with Crippen LogP contribution in [0.3, 0.4) is 0 Å². The highest BCUT2D eigenvalue weighted by Gasteiger charge is 2.31. The van der Waals surface area contributed by atoms with Crippen molar-refractivity contribution in [1.82, 2.24) is 16.0 Å². The standard InChI is InChI=1S/C19H35N7O7S/c1-34-7-5-11(24-16(29)10(21)4-2-3-6-20)17(30)25-12(8-14(22)27)18(31)26-13(19(32)33)9-15(23)28/h10-13H,2-9,20-21H2,1H3,(H2,22,27)(H2,23,28)(H,24,29)(H,25,30)(H,26,31)(H,32,33). The molecule has 0 aliphatic rings. The number of rotatable bonds is 18. The molecular formula is C19H35N7O7S. The molecule has 0 fully saturated rings. The van der Waals surface area contributed by atoms with Gasteiger partial charge in [0.25, 0.3) is 0 Å². The summed E-state index contributed by atoms with van der Waals surface area (Å²) in [4.78, 5) is 71.6. The minimum atomic E-state index is -1.67. The Morgan fingerprint density at radius 3 is 1.79 bits per heavy atom. The van der Waals surface area contributed by atoms with Gasteiger partial charge in [-0.2, -0.15) is 11.8 Å². The molecule has 0 bridgehead atoms. The Bertz CT molecular complexity index is 738. The fourth-order valence-corrected chi connectivity index (χ4v) is 3.25. The lowest BCUT2D eigenvalue weighted by molar-refractivity contribution is -0.144. The Kier molecular flexibility index (Phi) is 15.2. The van der Waals surface area contributed by atoms with Crippen molar-refractivity contribution in [2.45, 2.75) is 62.7 Å². The van der Waals surface area contributed by atoms with Gasteiger partial charge in [0.15, 0.2) is 0 Å². The number of unbranched alkanes of at least 4 members (excludes halogenated alkanes) is 1. The topological polar surface area (TPSA) is 263 Å². The predicted octanol–water partition coefficient (Wildman–Crippen LogP) is -3.51. The van der Waals surface area contributed by atoms with Crippen LogP contribution in [-0.2, 0) is 28.8 Å². The number of carbonyl (C=O) groups is 6. The fraction of sp³-hybridized carbons (Fsp3) is 0.684. The molecule has 4 atom stereocenters. The minimum absolute atomic E-state index is 0.193. The van der Waals surface area contributed by atoms with Crippen LogP contribution in [-0.4, -0.2) is 83.3 Å². The van der Waals surface area contributed by atoms with Gasteiger partial charge in [-0.3, -0.25) is 24.0 Å². The molecule has 0 aromatic carbocycles. The lowest BCUT2D eigenvalue weighted by atomic mass is 10.1. The van der Waals surface area contributed by atoms with Gasteiger partial charge >= 0.3 is 5.97 Å². The quantitative estimate of drug-likeness (QED) is 0.0851. The largest absolute Gasteiger partial charge is 0.480 e. The molecule has 34 heavy (non-hydrogen) atoms. The van der Waals surface area contributed by atoms with E-state index in [-0.39, 0.29) is 6.42 Å². The van der Waals surface area contributed by atoms with E-state index in [1.54, 1.807) is 6.26 Å². The highest BCUT2D eigenvalue weighted by molar-refractivity contribution is 7.98. The van der Waals surface area contributed by atoms with Gasteiger partial charge in [0.05, 0.1) is 18.9 Å². The summed E-state index contributed by atoms with van der Waals surface area (Å²) in [5, 5.41) is 16.1. The molecule has 5 amide bonds. The van der Waals surface area contributed by atoms with Crippen molar-refractivity contribution >= 4 is 47.3 Å². The molecule has 0 aromatic rings. The third-order valence-electron chi connectivity index (χ3n) is 4.61. The molecule has 0 radical (unpaired) electrons. The van der Waals surface area contributed by atoms with E-state index in [9.17, 15) is 28.8 Å². The maximum Gasteiger partial charge on any atom is 0.326 e. The molecule has 0 saturated heterocycles. The van der Waals surface area contributed by atoms with Crippen LogP contribution in [0.4, 0.5) is 0 Å². The van der Waals surface area contributed by atoms with Gasteiger partial charge in [-0.1, -0.05) is 6.42 Å². The second-order valence-electron chi connectivity index (χ2n) is 7.54. The lowest BCUT2D eigenvalue weighted by Crippen LogP contribution is -2.58. The first-order valence-corrected chi connectivity index (χ1v) is 12.0. The molecule has 0 heterocycles. The van der Waals surface area contributed by atoms with Gasteiger partial charge in [0, 0.05) is 0 Å². The Labute approximate surface area is 201 Å². The maximum absolute atomic E-state index is 12.8. The third kappa shape index (κ3) is 13.0. The monoisotopic (exact) mass is 505 g/mol. The van der Waals surface area contributed by atoms with Gasteiger partial charge in [0.1, 0.15) is 18.1 Å². The first kappa shape index (κ1) is 31.1. The van der Waals surface area contributed by atoms with E-state index in [0.717, 1.165) is 0 Å². The van der Waals surface area contributed by atoms with Crippen LogP contribution in [0.2, 0.25) is 0 Å². The van der Waals surface area contributed by atoms with Crippen molar-refractivity contribution in [2.75, 3.05) is 18.6 Å². The highest BCUT2D eigenvalue weighted by atomic mass is 32.2. The maximum atomic E-state index is 12.8. The second-order valence-corrected chi connectivity index (χ2v) is 8.52. The molecule has 15 heteroatoms. The summed E-state index contributed by atoms with van der Waals surface area (Å²) >= 11 is 1.41. The summed E-state index contributed by atoms with van der Waals surface area (Å²) in [5.74, 6) is -5.41. The molecule has 12 N–H and O–H groups in total. The summed E-state index contributed by atoms with van der Waals surface area (Å²) in [7, 11) is 0. The van der Waals surface area contributed by atoms with Crippen LogP contribution >= 0.6 is 11.8 Å². The summed E-state index contributed by atoms with van der Waals surface area (Å²) in [5.41, 5.74) is 21.4. The number of nitrogens with one attached hydrogen (secondary N) is 3. The first-order chi connectivity index (χ1) is 15.9. The van der Waals surface area contributed by atoms with Crippen LogP contribution < -0.4 is 38.9 Å². The lowest BCUT2D eigenvalue weighted by Gasteiger charge is -2.24. The van der Waals surface area contributed by atoms with Gasteiger partial charge in [-0.05, 0) is 37.8 Å². The van der Waals surface area contributed by atoms with E-state index in [1.807, 2.05) is 5.32 Å². The predicted molar refractivity (Wildman–Crippen MR) is 125 cm³/mol. The zero-order chi connectivity index (χ0) is 26.3. The summed E-state index contributed by atoms with van der Waals surface area (Å²) in [6.45, 7) is 0.457. The average Bonchev–Trinajstić information content (AvgIpc) is 2.74. The number of hydrogen-bond acceptors (Lipinski definition) is 9. The van der Waals surface area contributed by atoms with E-state index < -0.39 is 72.5 Å². The number of primary amides is 2. The zero-order valence-electron chi connectivity index (χ0n) is 19.1. The number of aliphatic carboxylic acids is 1. The van der Waals surface area contributed by atoms with Gasteiger partial charge in [-0.25, -0.2) is 4.79 Å². The van der Waals surface area contributed by atoms with Crippen molar-refractivity contribution in [1.29, 1.82) is 0 Å². The average molecular weight is 506 g/mol. The fourth-order valence-electron chi connectivity index (χ4n) is 2.78. The van der Waals surface area contributed by atoms with Crippen molar-refractivity contribution in [2.24, 2.45) is 22.9 Å². The molecule has 0 aliphatic heterocycles. The Morgan fingerprint density at radius 2 is 1.29 bits per heavy atom. The van der Waals surface area contributed by atoms with E-state index in [1.165, 1.54) is 11.8 Å². The van der Waals surface area contributed by atoms with Crippen LogP contribution in [0.1, 0.15) is 38.5 Å². The molecule has 0 spiro atoms. The van der Waals surface area contributed by atoms with Crippen LogP contribution in [0.5, 0.6) is 0 Å². The molecule has 0 aliphatic carbocycles. The van der Waals surface area contributed by atoms with Crippen LogP contribution in [0, 0.1) is 0 Å². The van der Waals surface area contributed by atoms with Crippen molar-refractivity contribution in [3.63, 3.8) is 0 Å². The molecule has 194 valence electrons. The van der Waals surface area contributed by atoms with Gasteiger partial charge < -0.3 is 44.0 Å². The second kappa shape index (κ2) is 16.7. The molecule has 4 unspecified atom stereocenters. The van der Waals surface area contributed by atoms with Crippen molar-refractivity contribution in [3.8, 4) is 0 Å². The third-order valence-corrected chi connectivity index (χ3v) is 5.25. The number of carboxylic acid groups (broad SMARTS) is 1. The van der Waals surface area contributed by atoms with Crippen molar-refractivity contribution < 1.29 is 33.9 Å². The van der Waals surface area contributed by atoms with Gasteiger partial charge in [-0.15, -0.1) is 0 Å². The Morgan fingerprint density at radius 1 is 0.794 bits per heavy atom. The molecule has 0 rings (SSSR count). The summed E-state index contributed by atoms with van der Waals surface area (Å²) in [6.07, 6.45) is 2.32. The van der Waals surface area contributed by atoms with Gasteiger partial charge in [0.2, 0.25) is 29.5 Å². The number of nitrogens with two attached hydrogens (primary N) is 4.